The van der Waals surface area contributed by atoms with Crippen LogP contribution in [0.4, 0.5) is 5.00 Å². The number of fused-ring (bicyclic) bond motifs is 1. The molecule has 1 amide bonds. The molecule has 2 aromatic heterocycles. The highest BCUT2D eigenvalue weighted by atomic mass is 35.5. The van der Waals surface area contributed by atoms with Gasteiger partial charge in [0.2, 0.25) is 0 Å². The number of amides is 1. The average molecular weight is 405 g/mol. The lowest BCUT2D eigenvalue weighted by Gasteiger charge is -2.10. The highest BCUT2D eigenvalue weighted by molar-refractivity contribution is 7.16. The standard InChI is InChI=1S/C20H21ClN2O3S/c1-5-23-16-8-7-13(21)10-14(16)12(4)17(23)18(24)22-19-15(9-11(3)27-19)20(25)26-6-2/h7-10H,5-6H2,1-4H3,(H,22,24). The summed E-state index contributed by atoms with van der Waals surface area (Å²) >= 11 is 7.49. The lowest BCUT2D eigenvalue weighted by molar-refractivity contribution is 0.0528. The maximum atomic E-state index is 13.1. The first kappa shape index (κ1) is 19.5. The molecule has 142 valence electrons. The summed E-state index contributed by atoms with van der Waals surface area (Å²) in [7, 11) is 0. The number of hydrogen-bond acceptors (Lipinski definition) is 4. The van der Waals surface area contributed by atoms with Gasteiger partial charge in [0.1, 0.15) is 10.7 Å². The van der Waals surface area contributed by atoms with Crippen LogP contribution in [0.15, 0.2) is 24.3 Å². The highest BCUT2D eigenvalue weighted by Crippen LogP contribution is 2.32. The van der Waals surface area contributed by atoms with Gasteiger partial charge in [-0.1, -0.05) is 11.6 Å². The van der Waals surface area contributed by atoms with Gasteiger partial charge in [0.05, 0.1) is 12.2 Å². The molecule has 3 aromatic rings. The summed E-state index contributed by atoms with van der Waals surface area (Å²) in [6.07, 6.45) is 0. The van der Waals surface area contributed by atoms with E-state index in [9.17, 15) is 9.59 Å². The largest absolute Gasteiger partial charge is 0.462 e. The van der Waals surface area contributed by atoms with Gasteiger partial charge in [-0.15, -0.1) is 11.3 Å². The zero-order valence-electron chi connectivity index (χ0n) is 15.7. The van der Waals surface area contributed by atoms with Crippen molar-refractivity contribution in [2.75, 3.05) is 11.9 Å². The van der Waals surface area contributed by atoms with Crippen LogP contribution in [0.25, 0.3) is 10.9 Å². The molecule has 1 N–H and O–H groups in total. The van der Waals surface area contributed by atoms with E-state index in [1.165, 1.54) is 11.3 Å². The number of aromatic nitrogens is 1. The normalized spacial score (nSPS) is 11.0. The van der Waals surface area contributed by atoms with E-state index in [4.69, 9.17) is 16.3 Å². The van der Waals surface area contributed by atoms with Gasteiger partial charge >= 0.3 is 5.97 Å². The quantitative estimate of drug-likeness (QED) is 0.577. The molecular weight excluding hydrogens is 384 g/mol. The number of carbonyl (C=O) groups is 2. The van der Waals surface area contributed by atoms with E-state index in [0.717, 1.165) is 21.3 Å². The number of thiophene rings is 1. The van der Waals surface area contributed by atoms with Gasteiger partial charge in [0.25, 0.3) is 5.91 Å². The molecular formula is C20H21ClN2O3S. The first-order valence-electron chi connectivity index (χ1n) is 8.74. The molecule has 0 radical (unpaired) electrons. The Kier molecular flexibility index (Phi) is 5.58. The number of nitrogens with zero attached hydrogens (tertiary/aromatic N) is 1. The molecule has 0 saturated carbocycles. The fourth-order valence-corrected chi connectivity index (χ4v) is 4.31. The van der Waals surface area contributed by atoms with Crippen LogP contribution >= 0.6 is 22.9 Å². The minimum Gasteiger partial charge on any atom is -0.462 e. The second kappa shape index (κ2) is 7.74. The zero-order valence-corrected chi connectivity index (χ0v) is 17.3. The van der Waals surface area contributed by atoms with E-state index in [1.54, 1.807) is 13.0 Å². The number of esters is 1. The zero-order chi connectivity index (χ0) is 19.7. The molecule has 2 heterocycles. The average Bonchev–Trinajstić information content (AvgIpc) is 3.12. The van der Waals surface area contributed by atoms with Crippen molar-refractivity contribution in [2.45, 2.75) is 34.2 Å². The van der Waals surface area contributed by atoms with Gasteiger partial charge in [0.15, 0.2) is 0 Å². The van der Waals surface area contributed by atoms with Gasteiger partial charge in [-0.3, -0.25) is 4.79 Å². The Morgan fingerprint density at radius 2 is 1.96 bits per heavy atom. The second-order valence-corrected chi connectivity index (χ2v) is 7.85. The number of carbonyl (C=O) groups excluding carboxylic acids is 2. The van der Waals surface area contributed by atoms with E-state index in [2.05, 4.69) is 5.32 Å². The van der Waals surface area contributed by atoms with Crippen molar-refractivity contribution in [1.29, 1.82) is 0 Å². The second-order valence-electron chi connectivity index (χ2n) is 6.15. The smallest absolute Gasteiger partial charge is 0.341 e. The number of anilines is 1. The maximum Gasteiger partial charge on any atom is 0.341 e. The van der Waals surface area contributed by atoms with Crippen LogP contribution < -0.4 is 5.32 Å². The summed E-state index contributed by atoms with van der Waals surface area (Å²) in [5.41, 5.74) is 2.76. The predicted molar refractivity (Wildman–Crippen MR) is 110 cm³/mol. The van der Waals surface area contributed by atoms with Crippen molar-refractivity contribution in [2.24, 2.45) is 0 Å². The third-order valence-corrected chi connectivity index (χ3v) is 5.59. The summed E-state index contributed by atoms with van der Waals surface area (Å²) < 4.78 is 7.05. The molecule has 7 heteroatoms. The molecule has 0 saturated heterocycles. The number of benzene rings is 1. The molecule has 3 rings (SSSR count). The van der Waals surface area contributed by atoms with Crippen molar-refractivity contribution < 1.29 is 14.3 Å². The van der Waals surface area contributed by atoms with Crippen molar-refractivity contribution >= 4 is 50.7 Å². The van der Waals surface area contributed by atoms with Gasteiger partial charge in [0, 0.05) is 27.3 Å². The molecule has 0 spiro atoms. The predicted octanol–water partition coefficient (Wildman–Crippen LogP) is 5.42. The first-order chi connectivity index (χ1) is 12.9. The van der Waals surface area contributed by atoms with E-state index in [0.29, 0.717) is 27.8 Å². The van der Waals surface area contributed by atoms with Gasteiger partial charge < -0.3 is 14.6 Å². The number of halogens is 1. The summed E-state index contributed by atoms with van der Waals surface area (Å²) in [6, 6.07) is 7.34. The molecule has 0 bridgehead atoms. The van der Waals surface area contributed by atoms with Crippen LogP contribution in [0.5, 0.6) is 0 Å². The number of aryl methyl sites for hydroxylation is 3. The minimum atomic E-state index is -0.434. The Balaban J connectivity index is 2.03. The fourth-order valence-electron chi connectivity index (χ4n) is 3.25. The van der Waals surface area contributed by atoms with Crippen molar-refractivity contribution in [3.63, 3.8) is 0 Å². The van der Waals surface area contributed by atoms with Crippen LogP contribution in [0.1, 0.15) is 45.1 Å². The van der Waals surface area contributed by atoms with Crippen molar-refractivity contribution in [1.82, 2.24) is 4.57 Å². The molecule has 0 aliphatic rings. The SMILES string of the molecule is CCOC(=O)c1cc(C)sc1NC(=O)c1c(C)c2cc(Cl)ccc2n1CC. The number of hydrogen-bond donors (Lipinski definition) is 1. The van der Waals surface area contributed by atoms with Gasteiger partial charge in [-0.25, -0.2) is 4.79 Å². The van der Waals surface area contributed by atoms with E-state index in [-0.39, 0.29) is 12.5 Å². The maximum absolute atomic E-state index is 13.1. The molecule has 0 aliphatic carbocycles. The Labute approximate surface area is 166 Å². The fraction of sp³-hybridized carbons (Fsp3) is 0.300. The number of ether oxygens (including phenoxy) is 1. The Morgan fingerprint density at radius 1 is 1.22 bits per heavy atom. The van der Waals surface area contributed by atoms with E-state index >= 15 is 0 Å². The summed E-state index contributed by atoms with van der Waals surface area (Å²) in [4.78, 5) is 26.2. The monoisotopic (exact) mass is 404 g/mol. The van der Waals surface area contributed by atoms with Crippen LogP contribution in [0.3, 0.4) is 0 Å². The number of nitrogens with one attached hydrogen (secondary N) is 1. The van der Waals surface area contributed by atoms with E-state index in [1.807, 2.05) is 43.5 Å². The summed E-state index contributed by atoms with van der Waals surface area (Å²) in [5.74, 6) is -0.689. The molecule has 0 unspecified atom stereocenters. The van der Waals surface area contributed by atoms with Crippen molar-refractivity contribution in [3.8, 4) is 0 Å². The molecule has 0 fully saturated rings. The molecule has 0 atom stereocenters. The first-order valence-corrected chi connectivity index (χ1v) is 9.94. The van der Waals surface area contributed by atoms with Gasteiger partial charge in [-0.05, 0) is 57.5 Å². The van der Waals surface area contributed by atoms with Crippen LogP contribution in [-0.2, 0) is 11.3 Å². The third-order valence-electron chi connectivity index (χ3n) is 4.39. The Morgan fingerprint density at radius 3 is 2.63 bits per heavy atom. The number of rotatable bonds is 5. The Hall–Kier alpha value is -2.31. The summed E-state index contributed by atoms with van der Waals surface area (Å²) in [5, 5.41) is 4.98. The lowest BCUT2D eigenvalue weighted by Crippen LogP contribution is -2.19. The lowest BCUT2D eigenvalue weighted by atomic mass is 10.1. The molecule has 0 aliphatic heterocycles. The minimum absolute atomic E-state index is 0.255. The van der Waals surface area contributed by atoms with E-state index < -0.39 is 5.97 Å². The van der Waals surface area contributed by atoms with Crippen molar-refractivity contribution in [3.05, 3.63) is 51.0 Å². The summed E-state index contributed by atoms with van der Waals surface area (Å²) in [6.45, 7) is 8.46. The van der Waals surface area contributed by atoms with Crippen LogP contribution in [0, 0.1) is 13.8 Å². The van der Waals surface area contributed by atoms with Gasteiger partial charge in [-0.2, -0.15) is 0 Å². The molecule has 1 aromatic carbocycles. The third kappa shape index (κ3) is 3.59. The topological polar surface area (TPSA) is 60.3 Å². The molecule has 5 nitrogen and oxygen atoms in total. The highest BCUT2D eigenvalue weighted by Gasteiger charge is 2.23. The Bertz CT molecular complexity index is 1040. The molecule has 27 heavy (non-hydrogen) atoms. The van der Waals surface area contributed by atoms with Crippen LogP contribution in [-0.4, -0.2) is 23.1 Å². The van der Waals surface area contributed by atoms with Crippen LogP contribution in [0.2, 0.25) is 5.02 Å².